The summed E-state index contributed by atoms with van der Waals surface area (Å²) in [5, 5.41) is 4.10. The van der Waals surface area contributed by atoms with Crippen molar-refractivity contribution in [3.63, 3.8) is 0 Å². The maximum atomic E-state index is 11.6. The van der Waals surface area contributed by atoms with Crippen LogP contribution in [0.4, 0.5) is 17.1 Å². The largest absolute Gasteiger partial charge is 0.462 e. The van der Waals surface area contributed by atoms with Gasteiger partial charge in [0.2, 0.25) is 0 Å². The Labute approximate surface area is 343 Å². The summed E-state index contributed by atoms with van der Waals surface area (Å²) in [6, 6.07) is 38.2. The molecule has 6 rings (SSSR count). The number of carbonyl (C=O) groups excluding carboxylic acids is 2. The molecule has 7 nitrogen and oxygen atoms in total. The summed E-state index contributed by atoms with van der Waals surface area (Å²) in [4.78, 5) is 25.6. The third-order valence-corrected chi connectivity index (χ3v) is 10.7. The van der Waals surface area contributed by atoms with Gasteiger partial charge in [0.25, 0.3) is 0 Å². The lowest BCUT2D eigenvalue weighted by Crippen LogP contribution is -2.42. The van der Waals surface area contributed by atoms with Crippen LogP contribution in [0.2, 0.25) is 0 Å². The number of rotatable bonds is 21. The average molecular weight is 775 g/mol. The van der Waals surface area contributed by atoms with Crippen molar-refractivity contribution in [3.8, 4) is 22.6 Å². The monoisotopic (exact) mass is 774 g/mol. The van der Waals surface area contributed by atoms with Crippen molar-refractivity contribution in [2.24, 2.45) is 0 Å². The number of hydrogen-bond donors (Lipinski definition) is 1. The quantitative estimate of drug-likeness (QED) is 0.0452. The molecule has 58 heavy (non-hydrogen) atoms. The number of hydrogen-bond acceptors (Lipinski definition) is 7. The van der Waals surface area contributed by atoms with Crippen LogP contribution in [-0.4, -0.2) is 31.7 Å². The minimum Gasteiger partial charge on any atom is -0.462 e. The minimum atomic E-state index is -0.428. The molecular weight excluding hydrogens is 721 g/mol. The Hall–Kier alpha value is -6.18. The Bertz CT molecular complexity index is 2140. The van der Waals surface area contributed by atoms with Gasteiger partial charge in [-0.1, -0.05) is 107 Å². The highest BCUT2D eigenvalue weighted by Gasteiger charge is 2.43. The van der Waals surface area contributed by atoms with E-state index in [1.807, 2.05) is 30.3 Å². The minimum absolute atomic E-state index is 0.280. The highest BCUT2D eigenvalue weighted by Crippen LogP contribution is 2.53. The second-order valence-electron chi connectivity index (χ2n) is 14.5. The Kier molecular flexibility index (Phi) is 14.1. The fourth-order valence-corrected chi connectivity index (χ4v) is 7.58. The third kappa shape index (κ3) is 9.67. The van der Waals surface area contributed by atoms with Gasteiger partial charge in [0.1, 0.15) is 11.5 Å². The zero-order chi connectivity index (χ0) is 40.9. The normalized spacial score (nSPS) is 13.8. The number of unbranched alkanes of at least 4 members (excludes halogenated alkanes) is 2. The van der Waals surface area contributed by atoms with Crippen LogP contribution in [0.15, 0.2) is 141 Å². The number of ether oxygens (including phenoxy) is 3. The number of nitrogens with one attached hydrogen (secondary N) is 1. The zero-order valence-electron chi connectivity index (χ0n) is 33.8. The molecule has 1 aliphatic carbocycles. The molecule has 298 valence electrons. The predicted molar refractivity (Wildman–Crippen MR) is 236 cm³/mol. The summed E-state index contributed by atoms with van der Waals surface area (Å²) in [7, 11) is 0. The lowest BCUT2D eigenvalue weighted by Gasteiger charge is -2.35. The zero-order valence-corrected chi connectivity index (χ0v) is 33.8. The molecule has 0 aromatic heterocycles. The van der Waals surface area contributed by atoms with E-state index in [4.69, 9.17) is 14.2 Å². The first-order valence-electron chi connectivity index (χ1n) is 20.3. The van der Waals surface area contributed by atoms with Gasteiger partial charge >= 0.3 is 11.9 Å². The molecule has 0 spiro atoms. The number of esters is 2. The molecule has 5 aromatic rings. The summed E-state index contributed by atoms with van der Waals surface area (Å²) < 4.78 is 17.0. The molecule has 1 N–H and O–H groups in total. The summed E-state index contributed by atoms with van der Waals surface area (Å²) in [5.74, 6) is 0.733. The Morgan fingerprint density at radius 1 is 0.638 bits per heavy atom. The maximum absolute atomic E-state index is 11.6. The number of benzene rings is 5. The van der Waals surface area contributed by atoms with Crippen LogP contribution in [0.5, 0.6) is 11.5 Å². The van der Waals surface area contributed by atoms with Crippen molar-refractivity contribution in [2.45, 2.75) is 64.3 Å². The van der Waals surface area contributed by atoms with E-state index in [2.05, 4.69) is 129 Å². The van der Waals surface area contributed by atoms with Gasteiger partial charge in [-0.05, 0) is 119 Å². The number of carbonyl (C=O) groups is 2. The van der Waals surface area contributed by atoms with E-state index in [0.29, 0.717) is 12.8 Å². The first-order chi connectivity index (χ1) is 28.3. The standard InChI is InChI=1S/C51H54N2O5/c1-6-11-31-51(52-32-12-7-2)47-35-42(23-27-45(47)46-28-26-44(36-48(46)51)58-43-24-17-37(8-3)18-25-43)53(40-19-13-38(14-20-40)29-33-56-49(54)9-4)41-21-15-39(16-22-41)30-34-57-50(55)10-5/h8-10,13-28,35-36,52H,3-7,11-12,29-34H2,1-2H3. The number of nitrogens with zero attached hydrogens (tertiary/aromatic N) is 1. The van der Waals surface area contributed by atoms with Crippen molar-refractivity contribution < 1.29 is 23.8 Å². The Morgan fingerprint density at radius 3 is 1.69 bits per heavy atom. The third-order valence-electron chi connectivity index (χ3n) is 10.7. The van der Waals surface area contributed by atoms with E-state index in [1.54, 1.807) is 0 Å². The molecule has 0 aliphatic heterocycles. The molecule has 0 amide bonds. The van der Waals surface area contributed by atoms with Crippen LogP contribution in [0, 0.1) is 0 Å². The van der Waals surface area contributed by atoms with Crippen molar-refractivity contribution in [1.29, 1.82) is 0 Å². The lowest BCUT2D eigenvalue weighted by atomic mass is 9.82. The van der Waals surface area contributed by atoms with Crippen LogP contribution in [0.1, 0.15) is 73.8 Å². The van der Waals surface area contributed by atoms with Gasteiger partial charge in [0.05, 0.1) is 18.8 Å². The SMILES string of the molecule is C=CC(=O)OCCc1ccc(N(c2ccc(CCOC(=O)C=C)cc2)c2ccc3c(c2)C(CCCC)(NCCCC)c2cc(Oc4ccc(C=C)cc4)ccc2-3)cc1. The molecule has 0 fully saturated rings. The highest BCUT2D eigenvalue weighted by atomic mass is 16.5. The fraction of sp³-hybridized carbons (Fsp3) is 0.255. The molecular formula is C51H54N2O5. The topological polar surface area (TPSA) is 77.1 Å². The summed E-state index contributed by atoms with van der Waals surface area (Å²) in [6.45, 7) is 16.8. The van der Waals surface area contributed by atoms with E-state index in [0.717, 1.165) is 83.9 Å². The van der Waals surface area contributed by atoms with E-state index in [1.165, 1.54) is 34.4 Å². The summed E-state index contributed by atoms with van der Waals surface area (Å²) in [6.07, 6.45) is 10.6. The van der Waals surface area contributed by atoms with Gasteiger partial charge in [-0.3, -0.25) is 0 Å². The van der Waals surface area contributed by atoms with Crippen molar-refractivity contribution in [3.05, 3.63) is 169 Å². The Morgan fingerprint density at radius 2 is 1.16 bits per heavy atom. The van der Waals surface area contributed by atoms with Gasteiger partial charge < -0.3 is 24.4 Å². The first kappa shape index (κ1) is 41.5. The number of anilines is 3. The smallest absolute Gasteiger partial charge is 0.330 e. The van der Waals surface area contributed by atoms with Crippen molar-refractivity contribution in [2.75, 3.05) is 24.7 Å². The number of fused-ring (bicyclic) bond motifs is 3. The molecule has 0 saturated carbocycles. The molecule has 0 saturated heterocycles. The van der Waals surface area contributed by atoms with E-state index < -0.39 is 17.5 Å². The maximum Gasteiger partial charge on any atom is 0.330 e. The second kappa shape index (κ2) is 19.8. The van der Waals surface area contributed by atoms with Gasteiger partial charge in [-0.15, -0.1) is 0 Å². The summed E-state index contributed by atoms with van der Waals surface area (Å²) in [5.41, 5.74) is 10.7. The first-order valence-corrected chi connectivity index (χ1v) is 20.3. The molecule has 1 atom stereocenters. The molecule has 1 aliphatic rings. The lowest BCUT2D eigenvalue weighted by molar-refractivity contribution is -0.138. The average Bonchev–Trinajstić information content (AvgIpc) is 3.52. The van der Waals surface area contributed by atoms with Crippen LogP contribution in [0.3, 0.4) is 0 Å². The molecule has 5 aromatic carbocycles. The molecule has 0 bridgehead atoms. The highest BCUT2D eigenvalue weighted by molar-refractivity contribution is 5.86. The molecule has 7 heteroatoms. The Balaban J connectivity index is 1.41. The second-order valence-corrected chi connectivity index (χ2v) is 14.5. The van der Waals surface area contributed by atoms with E-state index in [-0.39, 0.29) is 13.2 Å². The van der Waals surface area contributed by atoms with Gasteiger partial charge in [-0.2, -0.15) is 0 Å². The molecule has 1 unspecified atom stereocenters. The van der Waals surface area contributed by atoms with Crippen molar-refractivity contribution in [1.82, 2.24) is 5.32 Å². The van der Waals surface area contributed by atoms with Crippen LogP contribution in [-0.2, 0) is 37.4 Å². The van der Waals surface area contributed by atoms with Crippen molar-refractivity contribution >= 4 is 35.1 Å². The van der Waals surface area contributed by atoms with Gasteiger partial charge in [-0.25, -0.2) is 9.59 Å². The summed E-state index contributed by atoms with van der Waals surface area (Å²) >= 11 is 0. The fourth-order valence-electron chi connectivity index (χ4n) is 7.58. The molecule has 0 radical (unpaired) electrons. The molecule has 0 heterocycles. The van der Waals surface area contributed by atoms with E-state index >= 15 is 0 Å². The van der Waals surface area contributed by atoms with Crippen LogP contribution in [0.25, 0.3) is 17.2 Å². The predicted octanol–water partition coefficient (Wildman–Crippen LogP) is 11.9. The van der Waals surface area contributed by atoms with Gasteiger partial charge in [0, 0.05) is 42.1 Å². The van der Waals surface area contributed by atoms with E-state index in [9.17, 15) is 9.59 Å². The van der Waals surface area contributed by atoms with Crippen LogP contribution >= 0.6 is 0 Å². The van der Waals surface area contributed by atoms with Gasteiger partial charge in [0.15, 0.2) is 0 Å². The van der Waals surface area contributed by atoms with Crippen LogP contribution < -0.4 is 15.0 Å².